The van der Waals surface area contributed by atoms with Crippen molar-refractivity contribution in [2.75, 3.05) is 26.2 Å². The van der Waals surface area contributed by atoms with Crippen molar-refractivity contribution >= 4 is 6.09 Å². The Hall–Kier alpha value is -0.810. The van der Waals surface area contributed by atoms with Gasteiger partial charge in [0.15, 0.2) is 0 Å². The summed E-state index contributed by atoms with van der Waals surface area (Å²) < 4.78 is 0. The van der Waals surface area contributed by atoms with Gasteiger partial charge in [-0.3, -0.25) is 0 Å². The molecule has 1 atom stereocenters. The van der Waals surface area contributed by atoms with Crippen LogP contribution in [0.3, 0.4) is 0 Å². The molecule has 5 nitrogen and oxygen atoms in total. The number of amides is 1. The Balaban J connectivity index is 2.48. The van der Waals surface area contributed by atoms with E-state index in [9.17, 15) is 4.79 Å². The minimum atomic E-state index is -0.894. The zero-order valence-corrected chi connectivity index (χ0v) is 6.86. The highest BCUT2D eigenvalue weighted by atomic mass is 16.4. The lowest BCUT2D eigenvalue weighted by Gasteiger charge is -2.33. The fourth-order valence-corrected chi connectivity index (χ4v) is 1.42. The van der Waals surface area contributed by atoms with Crippen LogP contribution in [0.5, 0.6) is 0 Å². The Morgan fingerprint density at radius 3 is 3.00 bits per heavy atom. The van der Waals surface area contributed by atoms with Crippen LogP contribution in [0.2, 0.25) is 0 Å². The highest BCUT2D eigenvalue weighted by Gasteiger charge is 2.25. The van der Waals surface area contributed by atoms with Crippen LogP contribution < -0.4 is 5.32 Å². The van der Waals surface area contributed by atoms with Crippen molar-refractivity contribution in [3.05, 3.63) is 0 Å². The first kappa shape index (κ1) is 9.28. The van der Waals surface area contributed by atoms with Gasteiger partial charge < -0.3 is 20.4 Å². The predicted octanol–water partition coefficient (Wildman–Crippen LogP) is -0.679. The Kier molecular flexibility index (Phi) is 3.31. The molecular weight excluding hydrogens is 160 g/mol. The van der Waals surface area contributed by atoms with Crippen molar-refractivity contribution in [3.8, 4) is 0 Å². The zero-order valence-electron chi connectivity index (χ0n) is 6.86. The molecule has 70 valence electrons. The Morgan fingerprint density at radius 2 is 2.42 bits per heavy atom. The SMILES string of the molecule is O=C(O)N1CCNC[C@H]1CCO. The van der Waals surface area contributed by atoms with Gasteiger partial charge in [0.05, 0.1) is 0 Å². The van der Waals surface area contributed by atoms with E-state index < -0.39 is 6.09 Å². The van der Waals surface area contributed by atoms with Gasteiger partial charge in [0.25, 0.3) is 0 Å². The lowest BCUT2D eigenvalue weighted by Crippen LogP contribution is -2.53. The minimum absolute atomic E-state index is 0.0378. The molecule has 0 aromatic rings. The third kappa shape index (κ3) is 2.09. The summed E-state index contributed by atoms with van der Waals surface area (Å²) in [6, 6.07) is -0.0683. The molecule has 0 aromatic heterocycles. The number of hydrogen-bond donors (Lipinski definition) is 3. The molecule has 1 aliphatic rings. The van der Waals surface area contributed by atoms with E-state index in [2.05, 4.69) is 5.32 Å². The molecule has 1 fully saturated rings. The Labute approximate surface area is 71.0 Å². The molecule has 1 amide bonds. The summed E-state index contributed by atoms with van der Waals surface area (Å²) in [5.41, 5.74) is 0. The van der Waals surface area contributed by atoms with Gasteiger partial charge in [0, 0.05) is 32.3 Å². The third-order valence-electron chi connectivity index (χ3n) is 2.06. The van der Waals surface area contributed by atoms with Crippen LogP contribution in [0.1, 0.15) is 6.42 Å². The molecule has 12 heavy (non-hydrogen) atoms. The highest BCUT2D eigenvalue weighted by molar-refractivity contribution is 5.65. The summed E-state index contributed by atoms with van der Waals surface area (Å²) in [5.74, 6) is 0. The van der Waals surface area contributed by atoms with Gasteiger partial charge in [-0.1, -0.05) is 0 Å². The van der Waals surface area contributed by atoms with Crippen LogP contribution in [0.4, 0.5) is 4.79 Å². The quantitative estimate of drug-likeness (QED) is 0.518. The fraction of sp³-hybridized carbons (Fsp3) is 0.857. The number of aliphatic hydroxyl groups excluding tert-OH is 1. The molecule has 0 unspecified atom stereocenters. The van der Waals surface area contributed by atoms with E-state index in [1.165, 1.54) is 4.90 Å². The average molecular weight is 174 g/mol. The molecule has 3 N–H and O–H groups in total. The van der Waals surface area contributed by atoms with E-state index in [0.29, 0.717) is 26.1 Å². The molecule has 0 radical (unpaired) electrons. The Morgan fingerprint density at radius 1 is 1.67 bits per heavy atom. The van der Waals surface area contributed by atoms with Crippen LogP contribution in [-0.4, -0.2) is 53.5 Å². The van der Waals surface area contributed by atoms with E-state index in [-0.39, 0.29) is 12.6 Å². The van der Waals surface area contributed by atoms with Gasteiger partial charge in [-0.05, 0) is 6.42 Å². The maximum atomic E-state index is 10.7. The topological polar surface area (TPSA) is 72.8 Å². The summed E-state index contributed by atoms with van der Waals surface area (Å²) in [7, 11) is 0. The smallest absolute Gasteiger partial charge is 0.407 e. The van der Waals surface area contributed by atoms with Crippen LogP contribution in [0, 0.1) is 0 Å². The molecule has 1 saturated heterocycles. The molecule has 0 aliphatic carbocycles. The molecule has 0 aromatic carbocycles. The number of nitrogens with one attached hydrogen (secondary N) is 1. The first-order valence-electron chi connectivity index (χ1n) is 4.07. The fourth-order valence-electron chi connectivity index (χ4n) is 1.42. The summed E-state index contributed by atoms with van der Waals surface area (Å²) >= 11 is 0. The number of carboxylic acid groups (broad SMARTS) is 1. The summed E-state index contributed by atoms with van der Waals surface area (Å²) in [4.78, 5) is 12.0. The molecule has 5 heteroatoms. The van der Waals surface area contributed by atoms with E-state index in [4.69, 9.17) is 10.2 Å². The first-order chi connectivity index (χ1) is 5.75. The summed E-state index contributed by atoms with van der Waals surface area (Å²) in [6.07, 6.45) is -0.380. The number of piperazine rings is 1. The second kappa shape index (κ2) is 4.27. The van der Waals surface area contributed by atoms with Gasteiger partial charge in [-0.2, -0.15) is 0 Å². The highest BCUT2D eigenvalue weighted by Crippen LogP contribution is 2.06. The standard InChI is InChI=1S/C7H14N2O3/c10-4-1-6-5-8-2-3-9(6)7(11)12/h6,8,10H,1-5H2,(H,11,12)/t6-/m1/s1. The number of rotatable bonds is 2. The maximum Gasteiger partial charge on any atom is 0.407 e. The van der Waals surface area contributed by atoms with Crippen molar-refractivity contribution in [3.63, 3.8) is 0 Å². The first-order valence-corrected chi connectivity index (χ1v) is 4.07. The number of hydrogen-bond acceptors (Lipinski definition) is 3. The molecular formula is C7H14N2O3. The summed E-state index contributed by atoms with van der Waals surface area (Å²) in [6.45, 7) is 1.90. The monoisotopic (exact) mass is 174 g/mol. The zero-order chi connectivity index (χ0) is 8.97. The summed E-state index contributed by atoms with van der Waals surface area (Å²) in [5, 5.41) is 20.5. The second-order valence-corrected chi connectivity index (χ2v) is 2.85. The van der Waals surface area contributed by atoms with Crippen LogP contribution >= 0.6 is 0 Å². The molecule has 1 aliphatic heterocycles. The molecule has 0 saturated carbocycles. The number of nitrogens with zero attached hydrogens (tertiary/aromatic N) is 1. The molecule has 1 heterocycles. The van der Waals surface area contributed by atoms with Crippen molar-refractivity contribution < 1.29 is 15.0 Å². The Bertz CT molecular complexity index is 161. The van der Waals surface area contributed by atoms with Gasteiger partial charge in [-0.15, -0.1) is 0 Å². The van der Waals surface area contributed by atoms with Gasteiger partial charge in [-0.25, -0.2) is 4.79 Å². The van der Waals surface area contributed by atoms with Gasteiger partial charge in [0.2, 0.25) is 0 Å². The number of carbonyl (C=O) groups is 1. The third-order valence-corrected chi connectivity index (χ3v) is 2.06. The van der Waals surface area contributed by atoms with Gasteiger partial charge >= 0.3 is 6.09 Å². The van der Waals surface area contributed by atoms with Crippen LogP contribution in [0.25, 0.3) is 0 Å². The van der Waals surface area contributed by atoms with Crippen LogP contribution in [0.15, 0.2) is 0 Å². The van der Waals surface area contributed by atoms with Crippen LogP contribution in [-0.2, 0) is 0 Å². The second-order valence-electron chi connectivity index (χ2n) is 2.85. The lowest BCUT2D eigenvalue weighted by atomic mass is 10.1. The van der Waals surface area contributed by atoms with E-state index in [1.54, 1.807) is 0 Å². The van der Waals surface area contributed by atoms with E-state index in [1.807, 2.05) is 0 Å². The predicted molar refractivity (Wildman–Crippen MR) is 43.1 cm³/mol. The molecule has 1 rings (SSSR count). The van der Waals surface area contributed by atoms with Gasteiger partial charge in [0.1, 0.15) is 0 Å². The molecule has 0 bridgehead atoms. The maximum absolute atomic E-state index is 10.7. The normalized spacial score (nSPS) is 24.1. The van der Waals surface area contributed by atoms with Crippen molar-refractivity contribution in [2.45, 2.75) is 12.5 Å². The van der Waals surface area contributed by atoms with Crippen molar-refractivity contribution in [1.82, 2.24) is 10.2 Å². The van der Waals surface area contributed by atoms with E-state index in [0.717, 1.165) is 0 Å². The minimum Gasteiger partial charge on any atom is -0.465 e. The molecule has 0 spiro atoms. The average Bonchev–Trinajstić information content (AvgIpc) is 2.05. The van der Waals surface area contributed by atoms with Crippen molar-refractivity contribution in [2.24, 2.45) is 0 Å². The lowest BCUT2D eigenvalue weighted by molar-refractivity contribution is 0.101. The van der Waals surface area contributed by atoms with E-state index >= 15 is 0 Å². The van der Waals surface area contributed by atoms with Crippen molar-refractivity contribution in [1.29, 1.82) is 0 Å². The largest absolute Gasteiger partial charge is 0.465 e. The number of aliphatic hydroxyl groups is 1.